The van der Waals surface area contributed by atoms with Gasteiger partial charge in [0.2, 0.25) is 5.95 Å². The molecule has 1 saturated heterocycles. The maximum Gasteiger partial charge on any atom is 0.260 e. The fraction of sp³-hybridized carbons (Fsp3) is 0.200. The van der Waals surface area contributed by atoms with Gasteiger partial charge in [-0.2, -0.15) is 4.98 Å². The number of nitrogens with two attached hydrogens (primary N) is 1. The second kappa shape index (κ2) is 9.71. The molecule has 0 atom stereocenters. The molecule has 1 aliphatic rings. The van der Waals surface area contributed by atoms with Crippen LogP contribution in [-0.4, -0.2) is 58.5 Å². The highest BCUT2D eigenvalue weighted by Gasteiger charge is 2.24. The molecule has 0 unspecified atom stereocenters. The standard InChI is InChI=1S/C25H22ClFN6O2/c26-17-3-7-19(8-4-17)35-15-23(34)32-9-11-33(12-10-32)24-20-13-21(16-1-5-18(27)6-2-16)29-14-22(20)30-25(28)31-24/h1-8,13-14H,9-12,15H2,(H2,28,30,31). The molecule has 0 aliphatic carbocycles. The summed E-state index contributed by atoms with van der Waals surface area (Å²) in [5.74, 6) is 1.03. The average Bonchev–Trinajstić information content (AvgIpc) is 2.88. The van der Waals surface area contributed by atoms with Gasteiger partial charge in [0.1, 0.15) is 17.4 Å². The predicted molar refractivity (Wildman–Crippen MR) is 133 cm³/mol. The molecule has 2 aromatic carbocycles. The molecule has 0 spiro atoms. The van der Waals surface area contributed by atoms with Crippen LogP contribution in [-0.2, 0) is 4.79 Å². The van der Waals surface area contributed by atoms with E-state index in [9.17, 15) is 9.18 Å². The van der Waals surface area contributed by atoms with Crippen LogP contribution in [0.25, 0.3) is 22.2 Å². The van der Waals surface area contributed by atoms with Crippen LogP contribution in [0.2, 0.25) is 5.02 Å². The predicted octanol–water partition coefficient (Wildman–Crippen LogP) is 3.79. The summed E-state index contributed by atoms with van der Waals surface area (Å²) < 4.78 is 18.9. The number of amides is 1. The monoisotopic (exact) mass is 492 g/mol. The van der Waals surface area contributed by atoms with Crippen molar-refractivity contribution in [1.82, 2.24) is 19.9 Å². The SMILES string of the molecule is Nc1nc(N2CCN(C(=O)COc3ccc(Cl)cc3)CC2)c2cc(-c3ccc(F)cc3)ncc2n1. The van der Waals surface area contributed by atoms with E-state index in [1.54, 1.807) is 47.5 Å². The molecule has 3 heterocycles. The Labute approximate surface area is 206 Å². The van der Waals surface area contributed by atoms with Crippen LogP contribution in [0, 0.1) is 5.82 Å². The minimum Gasteiger partial charge on any atom is -0.484 e. The number of benzene rings is 2. The Morgan fingerprint density at radius 1 is 1.03 bits per heavy atom. The summed E-state index contributed by atoms with van der Waals surface area (Å²) in [7, 11) is 0. The number of hydrogen-bond acceptors (Lipinski definition) is 7. The molecule has 178 valence electrons. The fourth-order valence-electron chi connectivity index (χ4n) is 3.99. The Bertz CT molecular complexity index is 1360. The summed E-state index contributed by atoms with van der Waals surface area (Å²) in [5.41, 5.74) is 8.05. The van der Waals surface area contributed by atoms with E-state index >= 15 is 0 Å². The molecule has 1 amide bonds. The van der Waals surface area contributed by atoms with Gasteiger partial charge in [-0.1, -0.05) is 11.6 Å². The lowest BCUT2D eigenvalue weighted by molar-refractivity contribution is -0.133. The summed E-state index contributed by atoms with van der Waals surface area (Å²) in [6, 6.07) is 14.9. The Kier molecular flexibility index (Phi) is 6.33. The van der Waals surface area contributed by atoms with Crippen LogP contribution in [0.4, 0.5) is 16.2 Å². The van der Waals surface area contributed by atoms with E-state index in [0.717, 1.165) is 10.9 Å². The largest absolute Gasteiger partial charge is 0.484 e. The lowest BCUT2D eigenvalue weighted by atomic mass is 10.1. The number of nitrogens with zero attached hydrogens (tertiary/aromatic N) is 5. The van der Waals surface area contributed by atoms with Crippen molar-refractivity contribution in [2.75, 3.05) is 43.4 Å². The van der Waals surface area contributed by atoms with Crippen LogP contribution in [0.5, 0.6) is 5.75 Å². The van der Waals surface area contributed by atoms with Gasteiger partial charge in [-0.15, -0.1) is 0 Å². The van der Waals surface area contributed by atoms with E-state index in [4.69, 9.17) is 22.1 Å². The van der Waals surface area contributed by atoms with E-state index in [0.29, 0.717) is 54.0 Å². The number of aromatic nitrogens is 3. The molecule has 4 aromatic rings. The van der Waals surface area contributed by atoms with Crippen LogP contribution in [0.15, 0.2) is 60.8 Å². The van der Waals surface area contributed by atoms with Crippen molar-refractivity contribution in [2.24, 2.45) is 0 Å². The van der Waals surface area contributed by atoms with E-state index in [2.05, 4.69) is 19.9 Å². The van der Waals surface area contributed by atoms with Gasteiger partial charge >= 0.3 is 0 Å². The van der Waals surface area contributed by atoms with Gasteiger partial charge in [-0.05, 0) is 54.6 Å². The molecule has 0 radical (unpaired) electrons. The lowest BCUT2D eigenvalue weighted by Crippen LogP contribution is -2.50. The number of anilines is 2. The minimum atomic E-state index is -0.308. The first-order valence-electron chi connectivity index (χ1n) is 11.1. The van der Waals surface area contributed by atoms with Gasteiger partial charge in [0.25, 0.3) is 5.91 Å². The van der Waals surface area contributed by atoms with E-state index < -0.39 is 0 Å². The number of hydrogen-bond donors (Lipinski definition) is 1. The molecule has 10 heteroatoms. The average molecular weight is 493 g/mol. The first-order chi connectivity index (χ1) is 17.0. The number of pyridine rings is 1. The van der Waals surface area contributed by atoms with Crippen molar-refractivity contribution in [3.8, 4) is 17.0 Å². The zero-order valence-electron chi connectivity index (χ0n) is 18.7. The maximum absolute atomic E-state index is 13.3. The fourth-order valence-corrected chi connectivity index (χ4v) is 4.11. The van der Waals surface area contributed by atoms with Crippen molar-refractivity contribution in [3.63, 3.8) is 0 Å². The second-order valence-corrected chi connectivity index (χ2v) is 8.55. The number of piperazine rings is 1. The first kappa shape index (κ1) is 22.8. The van der Waals surface area contributed by atoms with Gasteiger partial charge < -0.3 is 20.3 Å². The van der Waals surface area contributed by atoms with Gasteiger partial charge in [-0.25, -0.2) is 9.37 Å². The number of carbonyl (C=O) groups excluding carboxylic acids is 1. The normalized spacial score (nSPS) is 13.8. The van der Waals surface area contributed by atoms with Crippen molar-refractivity contribution in [3.05, 3.63) is 71.6 Å². The topological polar surface area (TPSA) is 97.5 Å². The maximum atomic E-state index is 13.3. The first-order valence-corrected chi connectivity index (χ1v) is 11.4. The summed E-state index contributed by atoms with van der Waals surface area (Å²) in [4.78, 5) is 29.8. The number of rotatable bonds is 5. The molecule has 35 heavy (non-hydrogen) atoms. The smallest absolute Gasteiger partial charge is 0.260 e. The molecule has 5 rings (SSSR count). The molecular weight excluding hydrogens is 471 g/mol. The Hall–Kier alpha value is -3.98. The van der Waals surface area contributed by atoms with Crippen molar-refractivity contribution in [2.45, 2.75) is 0 Å². The van der Waals surface area contributed by atoms with Crippen LogP contribution >= 0.6 is 11.6 Å². The second-order valence-electron chi connectivity index (χ2n) is 8.11. The van der Waals surface area contributed by atoms with Crippen LogP contribution in [0.3, 0.4) is 0 Å². The van der Waals surface area contributed by atoms with Crippen LogP contribution in [0.1, 0.15) is 0 Å². The van der Waals surface area contributed by atoms with E-state index in [-0.39, 0.29) is 24.3 Å². The lowest BCUT2D eigenvalue weighted by Gasteiger charge is -2.35. The van der Waals surface area contributed by atoms with Gasteiger partial charge in [0, 0.05) is 42.2 Å². The summed E-state index contributed by atoms with van der Waals surface area (Å²) in [6.07, 6.45) is 1.64. The molecule has 2 N–H and O–H groups in total. The molecule has 1 fully saturated rings. The number of fused-ring (bicyclic) bond motifs is 1. The van der Waals surface area contributed by atoms with Crippen molar-refractivity contribution < 1.29 is 13.9 Å². The third-order valence-corrected chi connectivity index (χ3v) is 6.08. The number of halogens is 2. The number of ether oxygens (including phenoxy) is 1. The molecule has 0 bridgehead atoms. The Morgan fingerprint density at radius 3 is 2.46 bits per heavy atom. The summed E-state index contributed by atoms with van der Waals surface area (Å²) in [6.45, 7) is 2.14. The van der Waals surface area contributed by atoms with Crippen molar-refractivity contribution in [1.29, 1.82) is 0 Å². The minimum absolute atomic E-state index is 0.0439. The summed E-state index contributed by atoms with van der Waals surface area (Å²) in [5, 5.41) is 1.40. The third-order valence-electron chi connectivity index (χ3n) is 5.83. The Balaban J connectivity index is 1.30. The molecular formula is C25H22ClFN6O2. The van der Waals surface area contributed by atoms with Gasteiger partial charge in [0.05, 0.1) is 17.4 Å². The third kappa shape index (κ3) is 5.09. The molecule has 2 aromatic heterocycles. The highest BCUT2D eigenvalue weighted by atomic mass is 35.5. The quantitative estimate of drug-likeness (QED) is 0.452. The van der Waals surface area contributed by atoms with Crippen molar-refractivity contribution >= 4 is 40.2 Å². The zero-order valence-corrected chi connectivity index (χ0v) is 19.5. The molecule has 8 nitrogen and oxygen atoms in total. The summed E-state index contributed by atoms with van der Waals surface area (Å²) >= 11 is 5.88. The van der Waals surface area contributed by atoms with Crippen LogP contribution < -0.4 is 15.4 Å². The highest BCUT2D eigenvalue weighted by Crippen LogP contribution is 2.29. The molecule has 0 saturated carbocycles. The van der Waals surface area contributed by atoms with Gasteiger partial charge in [-0.3, -0.25) is 9.78 Å². The van der Waals surface area contributed by atoms with E-state index in [1.807, 2.05) is 6.07 Å². The van der Waals surface area contributed by atoms with E-state index in [1.165, 1.54) is 12.1 Å². The Morgan fingerprint density at radius 2 is 1.74 bits per heavy atom. The zero-order chi connectivity index (χ0) is 24.4. The number of nitrogen functional groups attached to an aromatic ring is 1. The highest BCUT2D eigenvalue weighted by molar-refractivity contribution is 6.30. The number of carbonyl (C=O) groups is 1. The van der Waals surface area contributed by atoms with Gasteiger partial charge in [0.15, 0.2) is 6.61 Å². The molecule has 1 aliphatic heterocycles.